The fraction of sp³-hybridized carbons (Fsp3) is 0.400. The maximum Gasteiger partial charge on any atom is 0.237 e. The summed E-state index contributed by atoms with van der Waals surface area (Å²) in [4.78, 5) is 12.3. The van der Waals surface area contributed by atoms with Crippen LogP contribution in [0.1, 0.15) is 31.5 Å². The Labute approximate surface area is 142 Å². The number of aromatic nitrogens is 3. The van der Waals surface area contributed by atoms with Gasteiger partial charge in [-0.1, -0.05) is 33.8 Å². The molecule has 0 spiro atoms. The van der Waals surface area contributed by atoms with Crippen LogP contribution in [0.3, 0.4) is 0 Å². The number of thioether (sulfide) groups is 1. The molecule has 0 saturated heterocycles. The van der Waals surface area contributed by atoms with Crippen LogP contribution in [0.4, 0.5) is 5.69 Å². The lowest BCUT2D eigenvalue weighted by Crippen LogP contribution is -2.22. The van der Waals surface area contributed by atoms with E-state index in [1.807, 2.05) is 42.8 Å². The lowest BCUT2D eigenvalue weighted by molar-refractivity contribution is -0.115. The second-order valence-electron chi connectivity index (χ2n) is 5.43. The van der Waals surface area contributed by atoms with Gasteiger partial charge in [0, 0.05) is 23.1 Å². The van der Waals surface area contributed by atoms with E-state index in [-0.39, 0.29) is 11.2 Å². The topological polar surface area (TPSA) is 59.8 Å². The molecule has 1 atom stereocenters. The van der Waals surface area contributed by atoms with Crippen molar-refractivity contribution in [3.05, 3.63) is 34.6 Å². The van der Waals surface area contributed by atoms with Gasteiger partial charge in [0.1, 0.15) is 5.82 Å². The van der Waals surface area contributed by atoms with E-state index in [9.17, 15) is 4.79 Å². The number of hydrogen-bond acceptors (Lipinski definition) is 4. The van der Waals surface area contributed by atoms with Crippen molar-refractivity contribution in [3.63, 3.8) is 0 Å². The third kappa shape index (κ3) is 3.52. The van der Waals surface area contributed by atoms with Crippen LogP contribution in [0.2, 0.25) is 0 Å². The van der Waals surface area contributed by atoms with E-state index in [4.69, 9.17) is 0 Å². The highest BCUT2D eigenvalue weighted by Gasteiger charge is 2.30. The van der Waals surface area contributed by atoms with Gasteiger partial charge >= 0.3 is 0 Å². The van der Waals surface area contributed by atoms with Crippen LogP contribution < -0.4 is 5.32 Å². The molecule has 1 saturated carbocycles. The zero-order chi connectivity index (χ0) is 15.7. The van der Waals surface area contributed by atoms with Gasteiger partial charge in [0.25, 0.3) is 0 Å². The molecule has 5 nitrogen and oxygen atoms in total. The molecule has 1 aromatic carbocycles. The van der Waals surface area contributed by atoms with Gasteiger partial charge in [0.15, 0.2) is 5.16 Å². The third-order valence-corrected chi connectivity index (χ3v) is 5.18. The summed E-state index contributed by atoms with van der Waals surface area (Å²) in [6.07, 6.45) is 2.38. The fourth-order valence-electron chi connectivity index (χ4n) is 2.15. The molecule has 0 bridgehead atoms. The summed E-state index contributed by atoms with van der Waals surface area (Å²) in [6.45, 7) is 1.88. The molecule has 2 aromatic rings. The van der Waals surface area contributed by atoms with Crippen molar-refractivity contribution < 1.29 is 4.79 Å². The summed E-state index contributed by atoms with van der Waals surface area (Å²) >= 11 is 4.83. The standard InChI is InChI=1S/C15H17BrN4OS/c1-9(14(21)17-12-5-3-4-11(16)8-12)22-15-19-18-13(20(15)2)10-6-7-10/h3-5,8-10H,6-7H2,1-2H3,(H,17,21)/t9-/m0/s1. The van der Waals surface area contributed by atoms with Crippen molar-refractivity contribution in [2.45, 2.75) is 36.1 Å². The summed E-state index contributed by atoms with van der Waals surface area (Å²) in [5, 5.41) is 11.9. The Morgan fingerprint density at radius 2 is 2.23 bits per heavy atom. The number of nitrogens with one attached hydrogen (secondary N) is 1. The van der Waals surface area contributed by atoms with Crippen LogP contribution in [0, 0.1) is 0 Å². The molecular weight excluding hydrogens is 364 g/mol. The first-order valence-electron chi connectivity index (χ1n) is 7.17. The summed E-state index contributed by atoms with van der Waals surface area (Å²) < 4.78 is 2.94. The highest BCUT2D eigenvalue weighted by Crippen LogP contribution is 2.39. The highest BCUT2D eigenvalue weighted by atomic mass is 79.9. The number of carbonyl (C=O) groups excluding carboxylic acids is 1. The predicted molar refractivity (Wildman–Crippen MR) is 91.1 cm³/mol. The van der Waals surface area contributed by atoms with E-state index in [2.05, 4.69) is 31.4 Å². The Bertz CT molecular complexity index is 699. The molecule has 7 heteroatoms. The Balaban J connectivity index is 1.63. The third-order valence-electron chi connectivity index (χ3n) is 3.55. The predicted octanol–water partition coefficient (Wildman–Crippen LogP) is 3.57. The molecule has 22 heavy (non-hydrogen) atoms. The Morgan fingerprint density at radius 1 is 1.45 bits per heavy atom. The van der Waals surface area contributed by atoms with E-state index in [1.165, 1.54) is 24.6 Å². The lowest BCUT2D eigenvalue weighted by atomic mass is 10.3. The zero-order valence-corrected chi connectivity index (χ0v) is 14.8. The second-order valence-corrected chi connectivity index (χ2v) is 7.66. The molecular formula is C15H17BrN4OS. The van der Waals surface area contributed by atoms with Gasteiger partial charge in [-0.2, -0.15) is 0 Å². The van der Waals surface area contributed by atoms with E-state index >= 15 is 0 Å². The number of anilines is 1. The van der Waals surface area contributed by atoms with Gasteiger partial charge in [-0.3, -0.25) is 4.79 Å². The minimum Gasteiger partial charge on any atom is -0.325 e. The minimum absolute atomic E-state index is 0.0425. The average molecular weight is 381 g/mol. The number of amides is 1. The Morgan fingerprint density at radius 3 is 2.91 bits per heavy atom. The smallest absolute Gasteiger partial charge is 0.237 e. The van der Waals surface area contributed by atoms with Crippen molar-refractivity contribution in [2.24, 2.45) is 7.05 Å². The first-order chi connectivity index (χ1) is 10.5. The molecule has 1 aliphatic carbocycles. The summed E-state index contributed by atoms with van der Waals surface area (Å²) in [5.74, 6) is 1.54. The summed E-state index contributed by atoms with van der Waals surface area (Å²) in [6, 6.07) is 7.56. The molecule has 1 fully saturated rings. The van der Waals surface area contributed by atoms with Gasteiger partial charge < -0.3 is 9.88 Å². The van der Waals surface area contributed by atoms with Crippen molar-refractivity contribution in [2.75, 3.05) is 5.32 Å². The Hall–Kier alpha value is -1.34. The number of benzene rings is 1. The molecule has 1 amide bonds. The van der Waals surface area contributed by atoms with E-state index in [1.54, 1.807) is 0 Å². The zero-order valence-electron chi connectivity index (χ0n) is 12.4. The van der Waals surface area contributed by atoms with Crippen molar-refractivity contribution in [1.29, 1.82) is 0 Å². The monoisotopic (exact) mass is 380 g/mol. The second kappa shape index (κ2) is 6.42. The largest absolute Gasteiger partial charge is 0.325 e. The van der Waals surface area contributed by atoms with Crippen molar-refractivity contribution in [3.8, 4) is 0 Å². The van der Waals surface area contributed by atoms with Crippen LogP contribution in [0.15, 0.2) is 33.9 Å². The van der Waals surface area contributed by atoms with E-state index < -0.39 is 0 Å². The SMILES string of the molecule is C[C@H](Sc1nnc(C2CC2)n1C)C(=O)Nc1cccc(Br)c1. The summed E-state index contributed by atoms with van der Waals surface area (Å²) in [5.41, 5.74) is 0.781. The number of carbonyl (C=O) groups is 1. The van der Waals surface area contributed by atoms with Crippen LogP contribution in [0.5, 0.6) is 0 Å². The average Bonchev–Trinajstić information content (AvgIpc) is 3.25. The van der Waals surface area contributed by atoms with Crippen LogP contribution in [-0.4, -0.2) is 25.9 Å². The van der Waals surface area contributed by atoms with E-state index in [0.717, 1.165) is 21.1 Å². The molecule has 1 aliphatic rings. The molecule has 0 radical (unpaired) electrons. The number of hydrogen-bond donors (Lipinski definition) is 1. The maximum atomic E-state index is 12.3. The van der Waals surface area contributed by atoms with Crippen molar-refractivity contribution in [1.82, 2.24) is 14.8 Å². The molecule has 0 unspecified atom stereocenters. The van der Waals surface area contributed by atoms with Gasteiger partial charge in [0.05, 0.1) is 5.25 Å². The van der Waals surface area contributed by atoms with Crippen molar-refractivity contribution >= 4 is 39.3 Å². The van der Waals surface area contributed by atoms with Gasteiger partial charge in [-0.05, 0) is 38.0 Å². The first kappa shape index (κ1) is 15.6. The number of nitrogens with zero attached hydrogens (tertiary/aromatic N) is 3. The van der Waals surface area contributed by atoms with Crippen LogP contribution >= 0.6 is 27.7 Å². The minimum atomic E-state index is -0.242. The first-order valence-corrected chi connectivity index (χ1v) is 8.84. The fourth-order valence-corrected chi connectivity index (χ4v) is 3.37. The quantitative estimate of drug-likeness (QED) is 0.805. The molecule has 116 valence electrons. The van der Waals surface area contributed by atoms with E-state index in [0.29, 0.717) is 5.92 Å². The molecule has 1 N–H and O–H groups in total. The Kier molecular flexibility index (Phi) is 4.54. The van der Waals surface area contributed by atoms with Gasteiger partial charge in [-0.25, -0.2) is 0 Å². The van der Waals surface area contributed by atoms with Gasteiger partial charge in [0.2, 0.25) is 5.91 Å². The van der Waals surface area contributed by atoms with Gasteiger partial charge in [-0.15, -0.1) is 10.2 Å². The molecule has 0 aliphatic heterocycles. The lowest BCUT2D eigenvalue weighted by Gasteiger charge is -2.11. The number of rotatable bonds is 5. The maximum absolute atomic E-state index is 12.3. The normalized spacial score (nSPS) is 15.6. The highest BCUT2D eigenvalue weighted by molar-refractivity contribution is 9.10. The van der Waals surface area contributed by atoms with Crippen LogP contribution in [-0.2, 0) is 11.8 Å². The molecule has 3 rings (SSSR count). The molecule has 1 heterocycles. The summed E-state index contributed by atoms with van der Waals surface area (Å²) in [7, 11) is 1.97. The number of halogens is 1. The molecule has 1 aromatic heterocycles. The van der Waals surface area contributed by atoms with Crippen LogP contribution in [0.25, 0.3) is 0 Å².